The number of nitrogens with zero attached hydrogens (tertiary/aromatic N) is 2. The summed E-state index contributed by atoms with van der Waals surface area (Å²) >= 11 is 5.12. The lowest BCUT2D eigenvalue weighted by Gasteiger charge is -2.01. The second-order valence-corrected chi connectivity index (χ2v) is 5.79. The molecule has 0 unspecified atom stereocenters. The Kier molecular flexibility index (Phi) is 3.25. The molecule has 3 nitrogen and oxygen atoms in total. The molecule has 90 valence electrons. The molecule has 0 fully saturated rings. The van der Waals surface area contributed by atoms with Crippen molar-refractivity contribution in [1.29, 1.82) is 0 Å². The normalized spacial score (nSPS) is 10.7. The molecule has 1 N–H and O–H groups in total. The minimum Gasteiger partial charge on any atom is -0.357 e. The van der Waals surface area contributed by atoms with E-state index < -0.39 is 0 Å². The van der Waals surface area contributed by atoms with Crippen LogP contribution in [0, 0.1) is 0 Å². The lowest BCUT2D eigenvalue weighted by molar-refractivity contribution is 1.12. The zero-order chi connectivity index (χ0) is 12.4. The van der Waals surface area contributed by atoms with Gasteiger partial charge in [-0.05, 0) is 35.9 Å². The molecule has 0 spiro atoms. The third kappa shape index (κ3) is 2.52. The zero-order valence-electron chi connectivity index (χ0n) is 9.43. The highest BCUT2D eigenvalue weighted by Gasteiger charge is 2.03. The molecule has 0 aliphatic heterocycles. The summed E-state index contributed by atoms with van der Waals surface area (Å²) < 4.78 is 2.25. The maximum atomic E-state index is 4.55. The van der Waals surface area contributed by atoms with Crippen molar-refractivity contribution in [3.63, 3.8) is 0 Å². The van der Waals surface area contributed by atoms with Gasteiger partial charge >= 0.3 is 0 Å². The fraction of sp³-hybridized carbons (Fsp3) is 0.0769. The van der Waals surface area contributed by atoms with Crippen molar-refractivity contribution in [1.82, 2.24) is 9.97 Å². The molecule has 1 aromatic carbocycles. The van der Waals surface area contributed by atoms with Crippen LogP contribution in [0.1, 0.15) is 5.56 Å². The summed E-state index contributed by atoms with van der Waals surface area (Å²) in [6, 6.07) is 10.1. The van der Waals surface area contributed by atoms with Crippen LogP contribution in [0.15, 0.2) is 47.2 Å². The van der Waals surface area contributed by atoms with Gasteiger partial charge in [0.15, 0.2) is 5.13 Å². The van der Waals surface area contributed by atoms with Gasteiger partial charge < -0.3 is 5.32 Å². The first-order valence-corrected chi connectivity index (χ1v) is 7.11. The van der Waals surface area contributed by atoms with E-state index in [0.29, 0.717) is 0 Å². The lowest BCUT2D eigenvalue weighted by Crippen LogP contribution is -1.98. The molecule has 0 atom stereocenters. The standard InChI is InChI=1S/C13H10BrN3S/c14-10-1-2-12-11(7-10)17-13(18-12)16-8-9-3-5-15-6-4-9/h1-7H,8H2,(H,16,17). The zero-order valence-corrected chi connectivity index (χ0v) is 11.8. The van der Waals surface area contributed by atoms with Crippen LogP contribution in [0.4, 0.5) is 5.13 Å². The number of hydrogen-bond acceptors (Lipinski definition) is 4. The van der Waals surface area contributed by atoms with E-state index >= 15 is 0 Å². The second-order valence-electron chi connectivity index (χ2n) is 3.84. The van der Waals surface area contributed by atoms with Gasteiger partial charge in [0.25, 0.3) is 0 Å². The van der Waals surface area contributed by atoms with E-state index in [9.17, 15) is 0 Å². The largest absolute Gasteiger partial charge is 0.357 e. The summed E-state index contributed by atoms with van der Waals surface area (Å²) in [6.07, 6.45) is 3.60. The van der Waals surface area contributed by atoms with Crippen molar-refractivity contribution in [2.45, 2.75) is 6.54 Å². The van der Waals surface area contributed by atoms with E-state index in [4.69, 9.17) is 0 Å². The molecule has 18 heavy (non-hydrogen) atoms. The number of nitrogens with one attached hydrogen (secondary N) is 1. The van der Waals surface area contributed by atoms with E-state index in [-0.39, 0.29) is 0 Å². The fourth-order valence-electron chi connectivity index (χ4n) is 1.65. The minimum atomic E-state index is 0.767. The number of anilines is 1. The quantitative estimate of drug-likeness (QED) is 0.790. The first-order valence-electron chi connectivity index (χ1n) is 5.50. The van der Waals surface area contributed by atoms with E-state index in [1.165, 1.54) is 10.3 Å². The average molecular weight is 320 g/mol. The monoisotopic (exact) mass is 319 g/mol. The van der Waals surface area contributed by atoms with Crippen LogP contribution in [0.25, 0.3) is 10.2 Å². The molecule has 0 aliphatic rings. The molecule has 0 bridgehead atoms. The third-order valence-electron chi connectivity index (χ3n) is 2.54. The molecular formula is C13H10BrN3S. The Bertz CT molecular complexity index is 666. The number of thiazole rings is 1. The first-order chi connectivity index (χ1) is 8.81. The average Bonchev–Trinajstić information content (AvgIpc) is 2.79. The van der Waals surface area contributed by atoms with E-state index in [1.807, 2.05) is 24.3 Å². The van der Waals surface area contributed by atoms with Gasteiger partial charge in [0.1, 0.15) is 0 Å². The van der Waals surface area contributed by atoms with Gasteiger partial charge in [0.05, 0.1) is 10.2 Å². The Morgan fingerprint density at radius 2 is 2.00 bits per heavy atom. The van der Waals surface area contributed by atoms with Gasteiger partial charge in [0, 0.05) is 23.4 Å². The van der Waals surface area contributed by atoms with Gasteiger partial charge in [-0.3, -0.25) is 4.98 Å². The summed E-state index contributed by atoms with van der Waals surface area (Å²) in [5.41, 5.74) is 2.22. The molecule has 0 saturated carbocycles. The van der Waals surface area contributed by atoms with Crippen LogP contribution >= 0.6 is 27.3 Å². The molecular weight excluding hydrogens is 310 g/mol. The second kappa shape index (κ2) is 5.04. The van der Waals surface area contributed by atoms with Crippen LogP contribution in [0.5, 0.6) is 0 Å². The van der Waals surface area contributed by atoms with E-state index in [2.05, 4.69) is 37.3 Å². The van der Waals surface area contributed by atoms with Crippen molar-refractivity contribution in [2.75, 3.05) is 5.32 Å². The highest BCUT2D eigenvalue weighted by molar-refractivity contribution is 9.10. The summed E-state index contributed by atoms with van der Waals surface area (Å²) in [6.45, 7) is 0.767. The number of hydrogen-bond donors (Lipinski definition) is 1. The highest BCUT2D eigenvalue weighted by Crippen LogP contribution is 2.28. The summed E-state index contributed by atoms with van der Waals surface area (Å²) in [4.78, 5) is 8.55. The van der Waals surface area contributed by atoms with Gasteiger partial charge in [-0.2, -0.15) is 0 Å². The van der Waals surface area contributed by atoms with E-state index in [1.54, 1.807) is 23.7 Å². The SMILES string of the molecule is Brc1ccc2sc(NCc3ccncc3)nc2c1. The molecule has 2 aromatic heterocycles. The molecule has 3 rings (SSSR count). The number of halogens is 1. The van der Waals surface area contributed by atoms with Crippen LogP contribution in [-0.4, -0.2) is 9.97 Å². The van der Waals surface area contributed by atoms with Crippen molar-refractivity contribution < 1.29 is 0 Å². The Labute approximate surface area is 117 Å². The highest BCUT2D eigenvalue weighted by atomic mass is 79.9. The summed E-state index contributed by atoms with van der Waals surface area (Å²) in [5, 5.41) is 4.28. The van der Waals surface area contributed by atoms with Crippen LogP contribution < -0.4 is 5.32 Å². The van der Waals surface area contributed by atoms with Crippen LogP contribution in [0.2, 0.25) is 0 Å². The molecule has 0 aliphatic carbocycles. The van der Waals surface area contributed by atoms with Crippen molar-refractivity contribution in [3.05, 3.63) is 52.8 Å². The number of benzene rings is 1. The predicted molar refractivity (Wildman–Crippen MR) is 78.9 cm³/mol. The molecule has 5 heteroatoms. The maximum Gasteiger partial charge on any atom is 0.184 e. The van der Waals surface area contributed by atoms with Crippen molar-refractivity contribution in [3.8, 4) is 0 Å². The van der Waals surface area contributed by atoms with Crippen molar-refractivity contribution >= 4 is 42.6 Å². The Morgan fingerprint density at radius 3 is 2.83 bits per heavy atom. The summed E-state index contributed by atoms with van der Waals surface area (Å²) in [5.74, 6) is 0. The minimum absolute atomic E-state index is 0.767. The van der Waals surface area contributed by atoms with Crippen LogP contribution in [-0.2, 0) is 6.54 Å². The number of aromatic nitrogens is 2. The Hall–Kier alpha value is -1.46. The van der Waals surface area contributed by atoms with Gasteiger partial charge in [0.2, 0.25) is 0 Å². The fourth-order valence-corrected chi connectivity index (χ4v) is 2.85. The molecule has 2 heterocycles. The molecule has 0 amide bonds. The summed E-state index contributed by atoms with van der Waals surface area (Å²) in [7, 11) is 0. The van der Waals surface area contributed by atoms with Crippen LogP contribution in [0.3, 0.4) is 0 Å². The first kappa shape index (κ1) is 11.6. The molecule has 0 radical (unpaired) electrons. The van der Waals surface area contributed by atoms with Crippen molar-refractivity contribution in [2.24, 2.45) is 0 Å². The smallest absolute Gasteiger partial charge is 0.184 e. The number of fused-ring (bicyclic) bond motifs is 1. The molecule has 3 aromatic rings. The third-order valence-corrected chi connectivity index (χ3v) is 4.03. The predicted octanol–water partition coefficient (Wildman–Crippen LogP) is 4.07. The topological polar surface area (TPSA) is 37.8 Å². The maximum absolute atomic E-state index is 4.55. The Morgan fingerprint density at radius 1 is 1.17 bits per heavy atom. The number of rotatable bonds is 3. The van der Waals surface area contributed by atoms with E-state index in [0.717, 1.165) is 21.7 Å². The lowest BCUT2D eigenvalue weighted by atomic mass is 10.3. The molecule has 0 saturated heterocycles. The number of pyridine rings is 1. The van der Waals surface area contributed by atoms with Gasteiger partial charge in [-0.25, -0.2) is 4.98 Å². The van der Waals surface area contributed by atoms with Gasteiger partial charge in [-0.15, -0.1) is 0 Å². The Balaban J connectivity index is 1.79. The van der Waals surface area contributed by atoms with Gasteiger partial charge in [-0.1, -0.05) is 27.3 Å².